The van der Waals surface area contributed by atoms with Crippen molar-refractivity contribution >= 4 is 39.0 Å². The van der Waals surface area contributed by atoms with Crippen molar-refractivity contribution in [2.75, 3.05) is 4.90 Å². The molecule has 0 unspecified atom stereocenters. The molecule has 1 aliphatic rings. The lowest BCUT2D eigenvalue weighted by Crippen LogP contribution is -2.28. The van der Waals surface area contributed by atoms with Crippen LogP contribution in [0.25, 0.3) is 55.3 Å². The van der Waals surface area contributed by atoms with Gasteiger partial charge in [0.05, 0.1) is 22.3 Å². The van der Waals surface area contributed by atoms with Crippen LogP contribution in [0.15, 0.2) is 229 Å². The van der Waals surface area contributed by atoms with Crippen LogP contribution in [0.1, 0.15) is 27.7 Å². The van der Waals surface area contributed by atoms with Crippen molar-refractivity contribution in [3.8, 4) is 33.4 Å². The quantitative estimate of drug-likeness (QED) is 0.162. The van der Waals surface area contributed by atoms with Crippen LogP contribution >= 0.6 is 0 Å². The molecule has 0 radical (unpaired) electrons. The SMILES string of the molecule is [2H]c1c([2H])c([2H])c(N(c2ccc3c(c2)C(c2ccccc2)(c2ccccc2)c2ccccc2-3)c2cccc3c2oc2ccccc23)c(-c2ccc(-c3ccccc3)cc2)c1[2H]. The van der Waals surface area contributed by atoms with E-state index in [0.29, 0.717) is 28.1 Å². The largest absolute Gasteiger partial charge is 0.454 e. The highest BCUT2D eigenvalue weighted by Crippen LogP contribution is 2.57. The summed E-state index contributed by atoms with van der Waals surface area (Å²) in [7, 11) is 0. The molecule has 0 spiro atoms. The van der Waals surface area contributed by atoms with E-state index in [2.05, 4.69) is 103 Å². The molecule has 0 saturated heterocycles. The van der Waals surface area contributed by atoms with Gasteiger partial charge in [-0.15, -0.1) is 0 Å². The number of furan rings is 1. The molecule has 2 nitrogen and oxygen atoms in total. The Labute approximate surface area is 338 Å². The summed E-state index contributed by atoms with van der Waals surface area (Å²) >= 11 is 0. The van der Waals surface area contributed by atoms with Crippen LogP contribution in [0.2, 0.25) is 0 Å². The van der Waals surface area contributed by atoms with Crippen molar-refractivity contribution < 1.29 is 9.90 Å². The molecule has 1 aromatic heterocycles. The lowest BCUT2D eigenvalue weighted by molar-refractivity contribution is 0.669. The van der Waals surface area contributed by atoms with E-state index in [1.54, 1.807) is 0 Å². The molecule has 1 heterocycles. The molecule has 268 valence electrons. The van der Waals surface area contributed by atoms with Gasteiger partial charge in [-0.05, 0) is 80.4 Å². The fourth-order valence-corrected chi connectivity index (χ4v) is 9.01. The third-order valence-corrected chi connectivity index (χ3v) is 11.5. The van der Waals surface area contributed by atoms with Gasteiger partial charge in [-0.2, -0.15) is 0 Å². The Morgan fingerprint density at radius 3 is 1.79 bits per heavy atom. The topological polar surface area (TPSA) is 16.4 Å². The standard InChI is InChI=1S/C55H37NO/c1-4-17-38(18-5-1)39-31-33-40(34-32-39)44-23-11-14-28-51(44)56(52-29-16-26-48-47-25-12-15-30-53(47)57-54(48)52)43-35-36-46-45-24-10-13-27-49(45)55(50(46)37-43,41-19-6-2-7-20-41)42-21-8-3-9-22-42/h1-37H/i11D,14D,23D,28D. The minimum atomic E-state index is -0.701. The number of fused-ring (bicyclic) bond motifs is 6. The summed E-state index contributed by atoms with van der Waals surface area (Å²) in [5.41, 5.74) is 12.2. The Morgan fingerprint density at radius 2 is 1.02 bits per heavy atom. The lowest BCUT2D eigenvalue weighted by Gasteiger charge is -2.35. The molecule has 1 aliphatic carbocycles. The average Bonchev–Trinajstić information content (AvgIpc) is 3.85. The second kappa shape index (κ2) is 13.4. The monoisotopic (exact) mass is 731 g/mol. The third-order valence-electron chi connectivity index (χ3n) is 11.5. The van der Waals surface area contributed by atoms with Crippen LogP contribution < -0.4 is 4.90 Å². The van der Waals surface area contributed by atoms with Crippen molar-refractivity contribution in [2.24, 2.45) is 0 Å². The summed E-state index contributed by atoms with van der Waals surface area (Å²) in [6, 6.07) is 67.5. The number of hydrogen-bond donors (Lipinski definition) is 0. The van der Waals surface area contributed by atoms with E-state index in [1.165, 1.54) is 5.56 Å². The maximum atomic E-state index is 9.79. The minimum absolute atomic E-state index is 0.123. The van der Waals surface area contributed by atoms with Crippen molar-refractivity contribution in [1.29, 1.82) is 0 Å². The molecule has 0 saturated carbocycles. The Hall–Kier alpha value is -7.42. The van der Waals surface area contributed by atoms with Gasteiger partial charge in [0.1, 0.15) is 5.58 Å². The molecule has 0 aliphatic heterocycles. The summed E-state index contributed by atoms with van der Waals surface area (Å²) in [6.07, 6.45) is 0. The maximum absolute atomic E-state index is 9.79. The summed E-state index contributed by atoms with van der Waals surface area (Å²) in [5.74, 6) is 0. The Kier molecular flexibility index (Phi) is 6.81. The lowest BCUT2D eigenvalue weighted by atomic mass is 9.67. The normalized spacial score (nSPS) is 13.7. The predicted molar refractivity (Wildman–Crippen MR) is 237 cm³/mol. The van der Waals surface area contributed by atoms with Gasteiger partial charge in [0.25, 0.3) is 0 Å². The number of rotatable bonds is 7. The van der Waals surface area contributed by atoms with Gasteiger partial charge in [-0.25, -0.2) is 0 Å². The Morgan fingerprint density at radius 1 is 0.421 bits per heavy atom. The molecule has 0 N–H and O–H groups in total. The Bertz CT molecular complexity index is 3250. The predicted octanol–water partition coefficient (Wildman–Crippen LogP) is 14.8. The fraction of sp³-hybridized carbons (Fsp3) is 0.0182. The van der Waals surface area contributed by atoms with E-state index < -0.39 is 5.41 Å². The number of para-hydroxylation sites is 3. The summed E-state index contributed by atoms with van der Waals surface area (Å²) in [4.78, 5) is 1.99. The molecule has 0 atom stereocenters. The highest BCUT2D eigenvalue weighted by atomic mass is 16.3. The molecule has 0 fully saturated rings. The first-order valence-electron chi connectivity index (χ1n) is 21.3. The molecule has 9 aromatic carbocycles. The van der Waals surface area contributed by atoms with E-state index in [9.17, 15) is 2.74 Å². The highest BCUT2D eigenvalue weighted by molar-refractivity contribution is 6.11. The van der Waals surface area contributed by atoms with Crippen molar-refractivity contribution in [3.05, 3.63) is 247 Å². The Balaban J connectivity index is 1.24. The van der Waals surface area contributed by atoms with Crippen LogP contribution in [0.4, 0.5) is 17.1 Å². The van der Waals surface area contributed by atoms with Gasteiger partial charge in [0, 0.05) is 22.0 Å². The second-order valence-electron chi connectivity index (χ2n) is 14.5. The second-order valence-corrected chi connectivity index (χ2v) is 14.5. The first-order valence-corrected chi connectivity index (χ1v) is 19.3. The summed E-state index contributed by atoms with van der Waals surface area (Å²) in [5, 5.41) is 1.87. The van der Waals surface area contributed by atoms with Crippen LogP contribution in [-0.4, -0.2) is 0 Å². The van der Waals surface area contributed by atoms with Crippen LogP contribution in [0.3, 0.4) is 0 Å². The third kappa shape index (κ3) is 5.18. The molecule has 11 rings (SSSR count). The number of benzene rings is 9. The first kappa shape index (κ1) is 28.9. The summed E-state index contributed by atoms with van der Waals surface area (Å²) in [6.45, 7) is 0. The molecule has 10 aromatic rings. The van der Waals surface area contributed by atoms with Crippen LogP contribution in [0.5, 0.6) is 0 Å². The van der Waals surface area contributed by atoms with E-state index >= 15 is 0 Å². The van der Waals surface area contributed by atoms with E-state index in [1.807, 2.05) is 102 Å². The molecular formula is C55H37NO. The van der Waals surface area contributed by atoms with E-state index in [0.717, 1.165) is 61.0 Å². The van der Waals surface area contributed by atoms with Gasteiger partial charge >= 0.3 is 0 Å². The van der Waals surface area contributed by atoms with E-state index in [4.69, 9.17) is 7.16 Å². The van der Waals surface area contributed by atoms with Crippen molar-refractivity contribution in [2.45, 2.75) is 5.41 Å². The van der Waals surface area contributed by atoms with Crippen molar-refractivity contribution in [3.63, 3.8) is 0 Å². The number of nitrogens with zero attached hydrogens (tertiary/aromatic N) is 1. The van der Waals surface area contributed by atoms with Crippen LogP contribution in [-0.2, 0) is 5.41 Å². The van der Waals surface area contributed by atoms with E-state index in [-0.39, 0.29) is 24.2 Å². The molecule has 0 amide bonds. The van der Waals surface area contributed by atoms with Gasteiger partial charge < -0.3 is 9.32 Å². The zero-order valence-electron chi connectivity index (χ0n) is 34.9. The molecule has 0 bridgehead atoms. The van der Waals surface area contributed by atoms with Gasteiger partial charge in [-0.3, -0.25) is 0 Å². The van der Waals surface area contributed by atoms with Crippen LogP contribution in [0, 0.1) is 0 Å². The molecule has 2 heteroatoms. The molecule has 57 heavy (non-hydrogen) atoms. The van der Waals surface area contributed by atoms with Gasteiger partial charge in [0.15, 0.2) is 5.58 Å². The zero-order valence-corrected chi connectivity index (χ0v) is 30.9. The zero-order chi connectivity index (χ0) is 41.2. The highest BCUT2D eigenvalue weighted by Gasteiger charge is 2.46. The van der Waals surface area contributed by atoms with Gasteiger partial charge in [-0.1, -0.05) is 194 Å². The fourth-order valence-electron chi connectivity index (χ4n) is 9.01. The first-order chi connectivity index (χ1) is 29.9. The number of anilines is 3. The van der Waals surface area contributed by atoms with Crippen molar-refractivity contribution in [1.82, 2.24) is 0 Å². The average molecular weight is 732 g/mol. The minimum Gasteiger partial charge on any atom is -0.454 e. The molecular weight excluding hydrogens is 691 g/mol. The maximum Gasteiger partial charge on any atom is 0.159 e. The summed E-state index contributed by atoms with van der Waals surface area (Å²) < 4.78 is 44.2. The van der Waals surface area contributed by atoms with Gasteiger partial charge in [0.2, 0.25) is 0 Å². The smallest absolute Gasteiger partial charge is 0.159 e. The number of hydrogen-bond acceptors (Lipinski definition) is 2.